The maximum atomic E-state index is 11.4. The minimum Gasteiger partial charge on any atom is -0.391 e. The van der Waals surface area contributed by atoms with Crippen molar-refractivity contribution in [1.29, 1.82) is 0 Å². The summed E-state index contributed by atoms with van der Waals surface area (Å²) in [6.07, 6.45) is 2.54. The van der Waals surface area contributed by atoms with Gasteiger partial charge in [-0.1, -0.05) is 6.42 Å². The maximum absolute atomic E-state index is 11.4. The smallest absolute Gasteiger partial charge is 0.246 e. The number of hydrogen-bond donors (Lipinski definition) is 1. The molecule has 0 aromatic rings. The van der Waals surface area contributed by atoms with E-state index in [9.17, 15) is 9.90 Å². The predicted octanol–water partition coefficient (Wildman–Crippen LogP) is 0.700. The summed E-state index contributed by atoms with van der Waals surface area (Å²) in [5.74, 6) is -0.0336. The van der Waals surface area contributed by atoms with Crippen molar-refractivity contribution >= 4 is 5.91 Å². The Morgan fingerprint density at radius 1 is 1.54 bits per heavy atom. The average molecular weight is 187 g/mol. The molecule has 2 unspecified atom stereocenters. The Morgan fingerprint density at radius 3 is 2.85 bits per heavy atom. The Hall–Kier alpha value is -0.610. The fourth-order valence-corrected chi connectivity index (χ4v) is 1.63. The first-order valence-corrected chi connectivity index (χ1v) is 4.71. The van der Waals surface area contributed by atoms with Crippen LogP contribution in [0.25, 0.3) is 0 Å². The molecule has 0 aromatic heterocycles. The van der Waals surface area contributed by atoms with Crippen molar-refractivity contribution in [2.45, 2.75) is 44.8 Å². The molecule has 0 radical (unpaired) electrons. The third-order valence-corrected chi connectivity index (χ3v) is 2.51. The van der Waals surface area contributed by atoms with E-state index >= 15 is 0 Å². The molecule has 2 atom stereocenters. The Kier molecular flexibility index (Phi) is 3.69. The predicted molar refractivity (Wildman–Crippen MR) is 47.8 cm³/mol. The van der Waals surface area contributed by atoms with Crippen molar-refractivity contribution < 1.29 is 14.7 Å². The number of rotatable bonds is 1. The van der Waals surface area contributed by atoms with Gasteiger partial charge >= 0.3 is 0 Å². The van der Waals surface area contributed by atoms with Gasteiger partial charge in [0.15, 0.2) is 0 Å². The number of amides is 1. The number of hydrogen-bond acceptors (Lipinski definition) is 3. The SMILES string of the molecule is CON1C(=O)CCCCC(O)C1C. The van der Waals surface area contributed by atoms with Crippen LogP contribution in [0.5, 0.6) is 0 Å². The lowest BCUT2D eigenvalue weighted by atomic mass is 10.0. The number of hydroxylamine groups is 2. The number of carbonyl (C=O) groups excluding carboxylic acids is 1. The summed E-state index contributed by atoms with van der Waals surface area (Å²) in [6.45, 7) is 1.80. The van der Waals surface area contributed by atoms with Gasteiger partial charge < -0.3 is 5.11 Å². The molecule has 1 aliphatic heterocycles. The molecule has 0 saturated carbocycles. The van der Waals surface area contributed by atoms with E-state index in [0.29, 0.717) is 6.42 Å². The van der Waals surface area contributed by atoms with Crippen LogP contribution in [0.3, 0.4) is 0 Å². The quantitative estimate of drug-likeness (QED) is 0.657. The lowest BCUT2D eigenvalue weighted by Crippen LogP contribution is -2.45. The van der Waals surface area contributed by atoms with Gasteiger partial charge in [0.05, 0.1) is 19.3 Å². The largest absolute Gasteiger partial charge is 0.391 e. The zero-order chi connectivity index (χ0) is 9.84. The van der Waals surface area contributed by atoms with Crippen LogP contribution in [0, 0.1) is 0 Å². The first kappa shape index (κ1) is 10.5. The van der Waals surface area contributed by atoms with Crippen LogP contribution < -0.4 is 0 Å². The van der Waals surface area contributed by atoms with Gasteiger partial charge in [-0.15, -0.1) is 0 Å². The van der Waals surface area contributed by atoms with Crippen LogP contribution in [0.15, 0.2) is 0 Å². The maximum Gasteiger partial charge on any atom is 0.246 e. The summed E-state index contributed by atoms with van der Waals surface area (Å²) in [7, 11) is 1.46. The fraction of sp³-hybridized carbons (Fsp3) is 0.889. The summed E-state index contributed by atoms with van der Waals surface area (Å²) in [4.78, 5) is 16.4. The van der Waals surface area contributed by atoms with Gasteiger partial charge in [0, 0.05) is 6.42 Å². The molecule has 0 bridgehead atoms. The second kappa shape index (κ2) is 4.58. The molecule has 1 amide bonds. The summed E-state index contributed by atoms with van der Waals surface area (Å²) in [5, 5.41) is 10.9. The standard InChI is InChI=1S/C9H17NO3/c1-7-8(11)5-3-4-6-9(12)10(7)13-2/h7-8,11H,3-6H2,1-2H3. The van der Waals surface area contributed by atoms with Crippen molar-refractivity contribution in [3.63, 3.8) is 0 Å². The zero-order valence-corrected chi connectivity index (χ0v) is 8.19. The van der Waals surface area contributed by atoms with Crippen LogP contribution in [0.1, 0.15) is 32.6 Å². The van der Waals surface area contributed by atoms with E-state index in [2.05, 4.69) is 0 Å². The molecule has 0 aromatic carbocycles. The van der Waals surface area contributed by atoms with E-state index in [-0.39, 0.29) is 11.9 Å². The van der Waals surface area contributed by atoms with E-state index < -0.39 is 6.10 Å². The Balaban J connectivity index is 2.67. The van der Waals surface area contributed by atoms with E-state index in [4.69, 9.17) is 4.84 Å². The minimum atomic E-state index is -0.468. The highest BCUT2D eigenvalue weighted by Crippen LogP contribution is 2.17. The second-order valence-electron chi connectivity index (χ2n) is 3.46. The summed E-state index contributed by atoms with van der Waals surface area (Å²) in [5.41, 5.74) is 0. The molecular formula is C9H17NO3. The van der Waals surface area contributed by atoms with Gasteiger partial charge in [-0.05, 0) is 19.8 Å². The first-order chi connectivity index (χ1) is 6.16. The normalized spacial score (nSPS) is 31.3. The molecule has 1 fully saturated rings. The molecular weight excluding hydrogens is 170 g/mol. The van der Waals surface area contributed by atoms with Gasteiger partial charge in [0.2, 0.25) is 5.91 Å². The minimum absolute atomic E-state index is 0.0336. The van der Waals surface area contributed by atoms with E-state index in [0.717, 1.165) is 19.3 Å². The molecule has 0 spiro atoms. The molecule has 13 heavy (non-hydrogen) atoms. The third-order valence-electron chi connectivity index (χ3n) is 2.51. The van der Waals surface area contributed by atoms with Crippen LogP contribution >= 0.6 is 0 Å². The molecule has 4 heteroatoms. The van der Waals surface area contributed by atoms with E-state index in [1.807, 2.05) is 0 Å². The highest BCUT2D eigenvalue weighted by molar-refractivity contribution is 5.75. The van der Waals surface area contributed by atoms with Crippen molar-refractivity contribution in [2.24, 2.45) is 0 Å². The van der Waals surface area contributed by atoms with Crippen LogP contribution in [-0.2, 0) is 9.63 Å². The number of nitrogens with zero attached hydrogens (tertiary/aromatic N) is 1. The second-order valence-corrected chi connectivity index (χ2v) is 3.46. The number of carbonyl (C=O) groups is 1. The molecule has 1 heterocycles. The van der Waals surface area contributed by atoms with Crippen molar-refractivity contribution in [3.8, 4) is 0 Å². The van der Waals surface area contributed by atoms with Crippen LogP contribution in [0.4, 0.5) is 0 Å². The number of aliphatic hydroxyl groups excluding tert-OH is 1. The van der Waals surface area contributed by atoms with E-state index in [1.165, 1.54) is 12.2 Å². The monoisotopic (exact) mass is 187 g/mol. The van der Waals surface area contributed by atoms with Crippen LogP contribution in [0.2, 0.25) is 0 Å². The summed E-state index contributed by atoms with van der Waals surface area (Å²) >= 11 is 0. The molecule has 76 valence electrons. The van der Waals surface area contributed by atoms with Crippen LogP contribution in [-0.4, -0.2) is 35.3 Å². The molecule has 1 rings (SSSR count). The lowest BCUT2D eigenvalue weighted by molar-refractivity contribution is -0.199. The van der Waals surface area contributed by atoms with Gasteiger partial charge in [-0.25, -0.2) is 5.06 Å². The molecule has 1 saturated heterocycles. The fourth-order valence-electron chi connectivity index (χ4n) is 1.63. The molecule has 4 nitrogen and oxygen atoms in total. The Morgan fingerprint density at radius 2 is 2.23 bits per heavy atom. The highest BCUT2D eigenvalue weighted by Gasteiger charge is 2.27. The van der Waals surface area contributed by atoms with Crippen molar-refractivity contribution in [1.82, 2.24) is 5.06 Å². The van der Waals surface area contributed by atoms with Gasteiger partial charge in [0.1, 0.15) is 0 Å². The Labute approximate surface area is 78.4 Å². The van der Waals surface area contributed by atoms with Crippen molar-refractivity contribution in [2.75, 3.05) is 7.11 Å². The first-order valence-electron chi connectivity index (χ1n) is 4.71. The molecule has 0 aliphatic carbocycles. The number of aliphatic hydroxyl groups is 1. The molecule has 1 aliphatic rings. The Bertz CT molecular complexity index is 184. The van der Waals surface area contributed by atoms with Gasteiger partial charge in [-0.2, -0.15) is 0 Å². The van der Waals surface area contributed by atoms with E-state index in [1.54, 1.807) is 6.92 Å². The third kappa shape index (κ3) is 2.42. The summed E-state index contributed by atoms with van der Waals surface area (Å²) < 4.78 is 0. The average Bonchev–Trinajstić information content (AvgIpc) is 2.11. The van der Waals surface area contributed by atoms with Crippen molar-refractivity contribution in [3.05, 3.63) is 0 Å². The zero-order valence-electron chi connectivity index (χ0n) is 8.19. The highest BCUT2D eigenvalue weighted by atomic mass is 16.7. The summed E-state index contributed by atoms with van der Waals surface area (Å²) in [6, 6.07) is -0.238. The molecule has 1 N–H and O–H groups in total. The van der Waals surface area contributed by atoms with Gasteiger partial charge in [-0.3, -0.25) is 9.63 Å². The topological polar surface area (TPSA) is 49.8 Å². The van der Waals surface area contributed by atoms with Gasteiger partial charge in [0.25, 0.3) is 0 Å². The lowest BCUT2D eigenvalue weighted by Gasteiger charge is -2.31.